The van der Waals surface area contributed by atoms with E-state index in [4.69, 9.17) is 9.47 Å². The molecule has 0 bridgehead atoms. The van der Waals surface area contributed by atoms with Crippen molar-refractivity contribution in [3.63, 3.8) is 0 Å². The Morgan fingerprint density at radius 1 is 1.24 bits per heavy atom. The van der Waals surface area contributed by atoms with Gasteiger partial charge in [0.25, 0.3) is 0 Å². The summed E-state index contributed by atoms with van der Waals surface area (Å²) in [5, 5.41) is 0. The van der Waals surface area contributed by atoms with Crippen molar-refractivity contribution in [2.75, 3.05) is 25.2 Å². The maximum Gasteiger partial charge on any atom is 0.229 e. The topological polar surface area (TPSA) is 47.5 Å². The van der Waals surface area contributed by atoms with Crippen molar-refractivity contribution < 1.29 is 9.47 Å². The Balaban J connectivity index is 1.94. The van der Waals surface area contributed by atoms with Crippen molar-refractivity contribution >= 4 is 5.95 Å². The van der Waals surface area contributed by atoms with Crippen LogP contribution in [0.3, 0.4) is 0 Å². The lowest BCUT2D eigenvalue weighted by molar-refractivity contribution is 0.0295. The third kappa shape index (κ3) is 2.97. The van der Waals surface area contributed by atoms with Crippen LogP contribution in [-0.2, 0) is 4.74 Å². The van der Waals surface area contributed by atoms with Crippen molar-refractivity contribution in [2.24, 2.45) is 0 Å². The Labute approximate surface area is 124 Å². The predicted molar refractivity (Wildman–Crippen MR) is 80.5 cm³/mol. The van der Waals surface area contributed by atoms with Crippen molar-refractivity contribution in [3.8, 4) is 5.88 Å². The maximum absolute atomic E-state index is 5.82. The van der Waals surface area contributed by atoms with Gasteiger partial charge >= 0.3 is 0 Å². The molecule has 0 radical (unpaired) electrons. The number of rotatable bonds is 3. The summed E-state index contributed by atoms with van der Waals surface area (Å²) >= 11 is 0. The van der Waals surface area contributed by atoms with Gasteiger partial charge in [0.05, 0.1) is 25.9 Å². The minimum atomic E-state index is 0.120. The molecule has 1 aliphatic rings. The van der Waals surface area contributed by atoms with E-state index in [-0.39, 0.29) is 12.1 Å². The van der Waals surface area contributed by atoms with E-state index in [0.29, 0.717) is 18.4 Å². The van der Waals surface area contributed by atoms with Gasteiger partial charge in [-0.15, -0.1) is 0 Å². The number of benzene rings is 1. The summed E-state index contributed by atoms with van der Waals surface area (Å²) in [6.45, 7) is 3.45. The summed E-state index contributed by atoms with van der Waals surface area (Å²) in [4.78, 5) is 11.0. The van der Waals surface area contributed by atoms with Gasteiger partial charge in [0.15, 0.2) is 0 Å². The predicted octanol–water partition coefficient (Wildman–Crippen LogP) is 2.45. The maximum atomic E-state index is 5.82. The molecule has 0 aliphatic carbocycles. The molecule has 1 saturated heterocycles. The van der Waals surface area contributed by atoms with Crippen LogP contribution in [-0.4, -0.2) is 36.3 Å². The summed E-state index contributed by atoms with van der Waals surface area (Å²) in [5.74, 6) is 1.25. The highest BCUT2D eigenvalue weighted by molar-refractivity contribution is 5.39. The molecule has 21 heavy (non-hydrogen) atoms. The number of ether oxygens (including phenoxy) is 2. The SMILES string of the molecule is COc1ccnc(N2CC(C)OCC2c2ccccc2)n1. The molecule has 0 saturated carbocycles. The molecular formula is C16H19N3O2. The zero-order chi connectivity index (χ0) is 14.7. The monoisotopic (exact) mass is 285 g/mol. The second-order valence-electron chi connectivity index (χ2n) is 5.12. The fourth-order valence-electron chi connectivity index (χ4n) is 2.56. The summed E-state index contributed by atoms with van der Waals surface area (Å²) in [5.41, 5.74) is 1.20. The van der Waals surface area contributed by atoms with E-state index < -0.39 is 0 Å². The normalized spacial score (nSPS) is 22.1. The second-order valence-corrected chi connectivity index (χ2v) is 5.12. The molecule has 3 rings (SSSR count). The third-order valence-electron chi connectivity index (χ3n) is 3.64. The first-order valence-corrected chi connectivity index (χ1v) is 7.08. The average Bonchev–Trinajstić information content (AvgIpc) is 2.55. The lowest BCUT2D eigenvalue weighted by atomic mass is 10.0. The molecule has 5 nitrogen and oxygen atoms in total. The van der Waals surface area contributed by atoms with E-state index in [1.165, 1.54) is 5.56 Å². The van der Waals surface area contributed by atoms with Crippen molar-refractivity contribution in [3.05, 3.63) is 48.2 Å². The van der Waals surface area contributed by atoms with E-state index in [1.54, 1.807) is 19.4 Å². The number of nitrogens with zero attached hydrogens (tertiary/aromatic N) is 3. The lowest BCUT2D eigenvalue weighted by Crippen LogP contribution is -2.44. The first-order chi connectivity index (χ1) is 10.3. The van der Waals surface area contributed by atoms with Gasteiger partial charge in [-0.05, 0) is 12.5 Å². The molecule has 2 unspecified atom stereocenters. The number of aromatic nitrogens is 2. The Kier molecular flexibility index (Phi) is 4.01. The lowest BCUT2D eigenvalue weighted by Gasteiger charge is -2.38. The van der Waals surface area contributed by atoms with E-state index in [0.717, 1.165) is 6.54 Å². The van der Waals surface area contributed by atoms with Crippen LogP contribution in [0.1, 0.15) is 18.5 Å². The zero-order valence-corrected chi connectivity index (χ0v) is 12.3. The second kappa shape index (κ2) is 6.10. The molecule has 2 heterocycles. The quantitative estimate of drug-likeness (QED) is 0.867. The molecule has 1 aromatic heterocycles. The molecular weight excluding hydrogens is 266 g/mol. The smallest absolute Gasteiger partial charge is 0.229 e. The minimum Gasteiger partial charge on any atom is -0.481 e. The molecule has 0 amide bonds. The van der Waals surface area contributed by atoms with Crippen LogP contribution in [0.4, 0.5) is 5.95 Å². The van der Waals surface area contributed by atoms with Crippen molar-refractivity contribution in [2.45, 2.75) is 19.1 Å². The molecule has 0 N–H and O–H groups in total. The molecule has 0 spiro atoms. The van der Waals surface area contributed by atoms with Crippen LogP contribution < -0.4 is 9.64 Å². The van der Waals surface area contributed by atoms with Crippen LogP contribution in [0, 0.1) is 0 Å². The highest BCUT2D eigenvalue weighted by Gasteiger charge is 2.30. The van der Waals surface area contributed by atoms with Gasteiger partial charge in [-0.3, -0.25) is 0 Å². The summed E-state index contributed by atoms with van der Waals surface area (Å²) in [7, 11) is 1.61. The van der Waals surface area contributed by atoms with Crippen LogP contribution in [0.5, 0.6) is 5.88 Å². The van der Waals surface area contributed by atoms with Gasteiger partial charge in [0.1, 0.15) is 0 Å². The molecule has 110 valence electrons. The van der Waals surface area contributed by atoms with Crippen LogP contribution in [0.25, 0.3) is 0 Å². The van der Waals surface area contributed by atoms with Crippen LogP contribution in [0.2, 0.25) is 0 Å². The number of morpholine rings is 1. The fraction of sp³-hybridized carbons (Fsp3) is 0.375. The summed E-state index contributed by atoms with van der Waals surface area (Å²) < 4.78 is 11.0. The highest BCUT2D eigenvalue weighted by atomic mass is 16.5. The standard InChI is InChI=1S/C16H19N3O2/c1-12-10-19(16-17-9-8-15(18-16)20-2)14(11-21-12)13-6-4-3-5-7-13/h3-9,12,14H,10-11H2,1-2H3. The van der Waals surface area contributed by atoms with E-state index in [2.05, 4.69) is 33.9 Å². The van der Waals surface area contributed by atoms with Crippen molar-refractivity contribution in [1.82, 2.24) is 9.97 Å². The third-order valence-corrected chi connectivity index (χ3v) is 3.64. The van der Waals surface area contributed by atoms with E-state index >= 15 is 0 Å². The van der Waals surface area contributed by atoms with Gasteiger partial charge in [-0.2, -0.15) is 4.98 Å². The first kappa shape index (κ1) is 13.8. The van der Waals surface area contributed by atoms with Gasteiger partial charge in [0, 0.05) is 18.8 Å². The van der Waals surface area contributed by atoms with E-state index in [9.17, 15) is 0 Å². The first-order valence-electron chi connectivity index (χ1n) is 7.08. The van der Waals surface area contributed by atoms with Gasteiger partial charge in [-0.25, -0.2) is 4.98 Å². The van der Waals surface area contributed by atoms with Crippen molar-refractivity contribution in [1.29, 1.82) is 0 Å². The zero-order valence-electron chi connectivity index (χ0n) is 12.3. The molecule has 2 aromatic rings. The largest absolute Gasteiger partial charge is 0.481 e. The Morgan fingerprint density at radius 3 is 2.81 bits per heavy atom. The number of hydrogen-bond acceptors (Lipinski definition) is 5. The Morgan fingerprint density at radius 2 is 2.05 bits per heavy atom. The van der Waals surface area contributed by atoms with Gasteiger partial charge in [0.2, 0.25) is 11.8 Å². The van der Waals surface area contributed by atoms with E-state index in [1.807, 2.05) is 18.2 Å². The van der Waals surface area contributed by atoms with Gasteiger partial charge < -0.3 is 14.4 Å². The van der Waals surface area contributed by atoms with Gasteiger partial charge in [-0.1, -0.05) is 30.3 Å². The molecule has 5 heteroatoms. The summed E-state index contributed by atoms with van der Waals surface area (Å²) in [6.07, 6.45) is 1.88. The molecule has 2 atom stereocenters. The molecule has 1 aliphatic heterocycles. The molecule has 1 fully saturated rings. The highest BCUT2D eigenvalue weighted by Crippen LogP contribution is 2.29. The minimum absolute atomic E-state index is 0.120. The number of anilines is 1. The Bertz CT molecular complexity index is 591. The fourth-order valence-corrected chi connectivity index (χ4v) is 2.56. The summed E-state index contributed by atoms with van der Waals surface area (Å²) in [6, 6.07) is 12.2. The number of hydrogen-bond donors (Lipinski definition) is 0. The molecule has 1 aromatic carbocycles. The van der Waals surface area contributed by atoms with Crippen LogP contribution >= 0.6 is 0 Å². The average molecular weight is 285 g/mol. The number of methoxy groups -OCH3 is 1. The van der Waals surface area contributed by atoms with Crippen LogP contribution in [0.15, 0.2) is 42.6 Å². The Hall–Kier alpha value is -2.14.